The van der Waals surface area contributed by atoms with Crippen molar-refractivity contribution in [2.75, 3.05) is 6.54 Å². The molecule has 1 atom stereocenters. The third-order valence-electron chi connectivity index (χ3n) is 2.48. The number of halogens is 1. The number of hydrogen-bond acceptors (Lipinski definition) is 2. The van der Waals surface area contributed by atoms with Crippen LogP contribution < -0.4 is 10.6 Å². The van der Waals surface area contributed by atoms with Gasteiger partial charge in [-0.2, -0.15) is 0 Å². The minimum absolute atomic E-state index is 0.134. The van der Waals surface area contributed by atoms with Crippen molar-refractivity contribution in [1.29, 1.82) is 0 Å². The predicted octanol–water partition coefficient (Wildman–Crippen LogP) is 2.69. The first-order valence-electron chi connectivity index (χ1n) is 6.10. The van der Waals surface area contributed by atoms with Gasteiger partial charge in [0.15, 0.2) is 0 Å². The van der Waals surface area contributed by atoms with E-state index in [4.69, 9.17) is 0 Å². The number of hydrogen-bond donors (Lipinski definition) is 2. The van der Waals surface area contributed by atoms with Crippen LogP contribution in [0, 0.1) is 5.82 Å². The van der Waals surface area contributed by atoms with Gasteiger partial charge in [-0.25, -0.2) is 4.39 Å². The number of nitrogens with one attached hydrogen (secondary N) is 2. The highest BCUT2D eigenvalue weighted by Crippen LogP contribution is 2.03. The van der Waals surface area contributed by atoms with E-state index < -0.39 is 0 Å². The van der Waals surface area contributed by atoms with Crippen LogP contribution in [0.25, 0.3) is 0 Å². The lowest BCUT2D eigenvalue weighted by Gasteiger charge is -2.24. The largest absolute Gasteiger partial charge is 0.311 e. The summed E-state index contributed by atoms with van der Waals surface area (Å²) in [6.07, 6.45) is 0. The molecule has 0 saturated carbocycles. The van der Waals surface area contributed by atoms with Crippen LogP contribution in [-0.4, -0.2) is 18.1 Å². The molecule has 0 spiro atoms. The van der Waals surface area contributed by atoms with Crippen molar-refractivity contribution >= 4 is 0 Å². The Bertz CT molecular complexity index is 344. The zero-order valence-electron chi connectivity index (χ0n) is 11.2. The molecule has 2 N–H and O–H groups in total. The molecule has 2 nitrogen and oxygen atoms in total. The molecular formula is C14H23FN2. The Labute approximate surface area is 104 Å². The van der Waals surface area contributed by atoms with Gasteiger partial charge in [-0.15, -0.1) is 0 Å². The molecule has 0 aromatic heterocycles. The van der Waals surface area contributed by atoms with Crippen molar-refractivity contribution < 1.29 is 4.39 Å². The molecule has 0 saturated heterocycles. The van der Waals surface area contributed by atoms with E-state index in [-0.39, 0.29) is 11.4 Å². The van der Waals surface area contributed by atoms with E-state index in [1.807, 2.05) is 6.07 Å². The highest BCUT2D eigenvalue weighted by Gasteiger charge is 2.10. The molecular weight excluding hydrogens is 215 g/mol. The van der Waals surface area contributed by atoms with E-state index in [0.717, 1.165) is 12.1 Å². The van der Waals surface area contributed by atoms with Crippen LogP contribution in [0.2, 0.25) is 0 Å². The second-order valence-electron chi connectivity index (χ2n) is 5.54. The van der Waals surface area contributed by atoms with Crippen LogP contribution in [-0.2, 0) is 6.54 Å². The molecule has 1 unspecified atom stereocenters. The van der Waals surface area contributed by atoms with Crippen LogP contribution in [0.4, 0.5) is 4.39 Å². The summed E-state index contributed by atoms with van der Waals surface area (Å²) < 4.78 is 13.0. The molecule has 0 bridgehead atoms. The van der Waals surface area contributed by atoms with E-state index in [0.29, 0.717) is 12.6 Å². The highest BCUT2D eigenvalue weighted by molar-refractivity contribution is 5.16. The molecule has 0 fully saturated rings. The van der Waals surface area contributed by atoms with E-state index in [2.05, 4.69) is 38.3 Å². The third-order valence-corrected chi connectivity index (χ3v) is 2.48. The van der Waals surface area contributed by atoms with Gasteiger partial charge >= 0.3 is 0 Å². The second kappa shape index (κ2) is 6.12. The molecule has 0 aliphatic rings. The first-order valence-corrected chi connectivity index (χ1v) is 6.10. The predicted molar refractivity (Wildman–Crippen MR) is 70.5 cm³/mol. The Morgan fingerprint density at radius 3 is 2.59 bits per heavy atom. The van der Waals surface area contributed by atoms with E-state index in [1.165, 1.54) is 6.07 Å². The van der Waals surface area contributed by atoms with Crippen molar-refractivity contribution in [3.05, 3.63) is 35.6 Å². The summed E-state index contributed by atoms with van der Waals surface area (Å²) in [5.74, 6) is -0.176. The van der Waals surface area contributed by atoms with Gasteiger partial charge in [0, 0.05) is 24.7 Å². The van der Waals surface area contributed by atoms with Crippen molar-refractivity contribution in [2.24, 2.45) is 0 Å². The average molecular weight is 238 g/mol. The standard InChI is InChI=1S/C14H23FN2/c1-11(9-17-14(2,3)4)16-10-12-6-5-7-13(15)8-12/h5-8,11,16-17H,9-10H2,1-4H3. The smallest absolute Gasteiger partial charge is 0.123 e. The monoisotopic (exact) mass is 238 g/mol. The topological polar surface area (TPSA) is 24.1 Å². The fourth-order valence-corrected chi connectivity index (χ4v) is 1.47. The molecule has 3 heteroatoms. The minimum Gasteiger partial charge on any atom is -0.311 e. The molecule has 1 aromatic carbocycles. The normalized spacial score (nSPS) is 13.7. The van der Waals surface area contributed by atoms with Crippen LogP contribution in [0.1, 0.15) is 33.3 Å². The Morgan fingerprint density at radius 1 is 1.29 bits per heavy atom. The third kappa shape index (κ3) is 6.39. The van der Waals surface area contributed by atoms with Gasteiger partial charge in [0.25, 0.3) is 0 Å². The van der Waals surface area contributed by atoms with Crippen molar-refractivity contribution in [3.8, 4) is 0 Å². The van der Waals surface area contributed by atoms with Gasteiger partial charge in [0.1, 0.15) is 5.82 Å². The van der Waals surface area contributed by atoms with Gasteiger partial charge in [-0.3, -0.25) is 0 Å². The maximum atomic E-state index is 13.0. The second-order valence-corrected chi connectivity index (χ2v) is 5.54. The molecule has 96 valence electrons. The molecule has 1 rings (SSSR count). The first kappa shape index (κ1) is 14.1. The average Bonchev–Trinajstić information content (AvgIpc) is 2.23. The molecule has 0 heterocycles. The fourth-order valence-electron chi connectivity index (χ4n) is 1.47. The summed E-state index contributed by atoms with van der Waals surface area (Å²) in [6.45, 7) is 10.2. The van der Waals surface area contributed by atoms with Gasteiger partial charge in [-0.05, 0) is 45.4 Å². The summed E-state index contributed by atoms with van der Waals surface area (Å²) in [5, 5.41) is 6.80. The lowest BCUT2D eigenvalue weighted by molar-refractivity contribution is 0.387. The summed E-state index contributed by atoms with van der Waals surface area (Å²) in [4.78, 5) is 0. The maximum Gasteiger partial charge on any atom is 0.123 e. The maximum absolute atomic E-state index is 13.0. The van der Waals surface area contributed by atoms with E-state index in [9.17, 15) is 4.39 Å². The van der Waals surface area contributed by atoms with Gasteiger partial charge in [0.05, 0.1) is 0 Å². The van der Waals surface area contributed by atoms with Gasteiger partial charge in [-0.1, -0.05) is 12.1 Å². The SMILES string of the molecule is CC(CNC(C)(C)C)NCc1cccc(F)c1. The molecule has 0 amide bonds. The lowest BCUT2D eigenvalue weighted by atomic mass is 10.1. The molecule has 1 aromatic rings. The summed E-state index contributed by atoms with van der Waals surface area (Å²) in [6, 6.07) is 7.06. The summed E-state index contributed by atoms with van der Waals surface area (Å²) >= 11 is 0. The Balaban J connectivity index is 2.31. The van der Waals surface area contributed by atoms with Gasteiger partial charge < -0.3 is 10.6 Å². The van der Waals surface area contributed by atoms with Crippen LogP contribution in [0.15, 0.2) is 24.3 Å². The molecule has 17 heavy (non-hydrogen) atoms. The van der Waals surface area contributed by atoms with Crippen molar-refractivity contribution in [1.82, 2.24) is 10.6 Å². The highest BCUT2D eigenvalue weighted by atomic mass is 19.1. The lowest BCUT2D eigenvalue weighted by Crippen LogP contribution is -2.44. The quantitative estimate of drug-likeness (QED) is 0.824. The van der Waals surface area contributed by atoms with Gasteiger partial charge in [0.2, 0.25) is 0 Å². The van der Waals surface area contributed by atoms with Crippen LogP contribution >= 0.6 is 0 Å². The first-order chi connectivity index (χ1) is 7.87. The fraction of sp³-hybridized carbons (Fsp3) is 0.571. The summed E-state index contributed by atoms with van der Waals surface area (Å²) in [7, 11) is 0. The Hall–Kier alpha value is -0.930. The number of rotatable bonds is 5. The molecule has 0 radical (unpaired) electrons. The van der Waals surface area contributed by atoms with Crippen LogP contribution in [0.5, 0.6) is 0 Å². The zero-order chi connectivity index (χ0) is 12.9. The van der Waals surface area contributed by atoms with Crippen LogP contribution in [0.3, 0.4) is 0 Å². The number of benzene rings is 1. The summed E-state index contributed by atoms with van der Waals surface area (Å²) in [5.41, 5.74) is 1.11. The zero-order valence-corrected chi connectivity index (χ0v) is 11.2. The van der Waals surface area contributed by atoms with Crippen molar-refractivity contribution in [2.45, 2.75) is 45.8 Å². The molecule has 0 aliphatic carbocycles. The Morgan fingerprint density at radius 2 is 2.00 bits per heavy atom. The molecule has 0 aliphatic heterocycles. The minimum atomic E-state index is -0.176. The van der Waals surface area contributed by atoms with E-state index >= 15 is 0 Å². The van der Waals surface area contributed by atoms with E-state index in [1.54, 1.807) is 12.1 Å². The Kier molecular flexibility index (Phi) is 5.09. The van der Waals surface area contributed by atoms with Crippen molar-refractivity contribution in [3.63, 3.8) is 0 Å².